The highest BCUT2D eigenvalue weighted by molar-refractivity contribution is 9.10. The first-order valence-electron chi connectivity index (χ1n) is 5.89. The highest BCUT2D eigenvalue weighted by Crippen LogP contribution is 2.27. The zero-order chi connectivity index (χ0) is 14.5. The fraction of sp³-hybridized carbons (Fsp3) is 0.250. The SMILES string of the molecule is COc1ccc(NC(=O)c2cn(CCN)nn2)cc1Br. The molecule has 20 heavy (non-hydrogen) atoms. The Morgan fingerprint density at radius 2 is 2.35 bits per heavy atom. The highest BCUT2D eigenvalue weighted by atomic mass is 79.9. The van der Waals surface area contributed by atoms with Crippen LogP contribution >= 0.6 is 15.9 Å². The van der Waals surface area contributed by atoms with Crippen LogP contribution in [0.5, 0.6) is 5.75 Å². The Bertz CT molecular complexity index is 614. The highest BCUT2D eigenvalue weighted by Gasteiger charge is 2.11. The van der Waals surface area contributed by atoms with Gasteiger partial charge in [-0.2, -0.15) is 0 Å². The van der Waals surface area contributed by atoms with Crippen molar-refractivity contribution in [1.29, 1.82) is 0 Å². The van der Waals surface area contributed by atoms with Crippen molar-refractivity contribution in [2.75, 3.05) is 19.0 Å². The second-order valence-electron chi connectivity index (χ2n) is 3.96. The monoisotopic (exact) mass is 339 g/mol. The first-order valence-corrected chi connectivity index (χ1v) is 6.68. The fourth-order valence-corrected chi connectivity index (χ4v) is 2.12. The summed E-state index contributed by atoms with van der Waals surface area (Å²) >= 11 is 3.36. The van der Waals surface area contributed by atoms with Crippen molar-refractivity contribution in [3.8, 4) is 5.75 Å². The first kappa shape index (κ1) is 14.5. The van der Waals surface area contributed by atoms with Crippen LogP contribution in [0.3, 0.4) is 0 Å². The average Bonchev–Trinajstić information content (AvgIpc) is 2.88. The lowest BCUT2D eigenvalue weighted by molar-refractivity contribution is 0.102. The van der Waals surface area contributed by atoms with E-state index in [0.717, 1.165) is 4.47 Å². The quantitative estimate of drug-likeness (QED) is 0.854. The van der Waals surface area contributed by atoms with E-state index in [0.29, 0.717) is 24.5 Å². The van der Waals surface area contributed by atoms with Crippen molar-refractivity contribution < 1.29 is 9.53 Å². The Hall–Kier alpha value is -1.93. The van der Waals surface area contributed by atoms with Gasteiger partial charge in [0.25, 0.3) is 5.91 Å². The molecule has 0 aliphatic heterocycles. The normalized spacial score (nSPS) is 10.3. The maximum atomic E-state index is 12.0. The molecule has 2 aromatic rings. The molecule has 1 heterocycles. The van der Waals surface area contributed by atoms with Crippen molar-refractivity contribution in [1.82, 2.24) is 15.0 Å². The molecular weight excluding hydrogens is 326 g/mol. The lowest BCUT2D eigenvalue weighted by atomic mass is 10.3. The lowest BCUT2D eigenvalue weighted by Gasteiger charge is -2.06. The summed E-state index contributed by atoms with van der Waals surface area (Å²) in [6, 6.07) is 5.25. The van der Waals surface area contributed by atoms with Crippen molar-refractivity contribution in [3.63, 3.8) is 0 Å². The lowest BCUT2D eigenvalue weighted by Crippen LogP contribution is -2.13. The Morgan fingerprint density at radius 1 is 1.55 bits per heavy atom. The summed E-state index contributed by atoms with van der Waals surface area (Å²) in [4.78, 5) is 12.0. The molecule has 0 saturated carbocycles. The van der Waals surface area contributed by atoms with Gasteiger partial charge in [0.1, 0.15) is 5.75 Å². The van der Waals surface area contributed by atoms with Gasteiger partial charge < -0.3 is 15.8 Å². The number of nitrogens with zero attached hydrogens (tertiary/aromatic N) is 3. The number of carbonyl (C=O) groups excluding carboxylic acids is 1. The van der Waals surface area contributed by atoms with E-state index in [9.17, 15) is 4.79 Å². The van der Waals surface area contributed by atoms with Gasteiger partial charge in [-0.05, 0) is 34.1 Å². The van der Waals surface area contributed by atoms with E-state index in [1.54, 1.807) is 31.5 Å². The minimum Gasteiger partial charge on any atom is -0.496 e. The number of hydrogen-bond acceptors (Lipinski definition) is 5. The van der Waals surface area contributed by atoms with Crippen LogP contribution in [0.4, 0.5) is 5.69 Å². The van der Waals surface area contributed by atoms with Crippen LogP contribution in [0.2, 0.25) is 0 Å². The van der Waals surface area contributed by atoms with Crippen molar-refractivity contribution >= 4 is 27.5 Å². The van der Waals surface area contributed by atoms with Gasteiger partial charge in [0.2, 0.25) is 0 Å². The molecule has 106 valence electrons. The maximum absolute atomic E-state index is 12.0. The summed E-state index contributed by atoms with van der Waals surface area (Å²) in [5, 5.41) is 10.3. The molecule has 3 N–H and O–H groups in total. The smallest absolute Gasteiger partial charge is 0.277 e. The molecule has 1 amide bonds. The third kappa shape index (κ3) is 3.34. The van der Waals surface area contributed by atoms with Crippen LogP contribution in [0, 0.1) is 0 Å². The Kier molecular flexibility index (Phi) is 4.70. The number of methoxy groups -OCH3 is 1. The number of aromatic nitrogens is 3. The standard InChI is InChI=1S/C12H14BrN5O2/c1-20-11-3-2-8(6-9(11)13)15-12(19)10-7-18(5-4-14)17-16-10/h2-3,6-7H,4-5,14H2,1H3,(H,15,19). The van der Waals surface area contributed by atoms with Crippen LogP contribution in [0.25, 0.3) is 0 Å². The summed E-state index contributed by atoms with van der Waals surface area (Å²) in [6.07, 6.45) is 1.56. The zero-order valence-electron chi connectivity index (χ0n) is 10.8. The number of rotatable bonds is 5. The number of nitrogens with two attached hydrogens (primary N) is 1. The molecule has 0 fully saturated rings. The van der Waals surface area contributed by atoms with E-state index in [1.807, 2.05) is 0 Å². The van der Waals surface area contributed by atoms with E-state index in [4.69, 9.17) is 10.5 Å². The fourth-order valence-electron chi connectivity index (χ4n) is 1.58. The average molecular weight is 340 g/mol. The van der Waals surface area contributed by atoms with Crippen molar-refractivity contribution in [2.24, 2.45) is 5.73 Å². The molecule has 0 saturated heterocycles. The summed E-state index contributed by atoms with van der Waals surface area (Å²) in [6.45, 7) is 0.963. The molecule has 0 aliphatic carbocycles. The first-order chi connectivity index (χ1) is 9.63. The van der Waals surface area contributed by atoms with Gasteiger partial charge in [0, 0.05) is 12.2 Å². The van der Waals surface area contributed by atoms with Gasteiger partial charge in [0.05, 0.1) is 24.3 Å². The number of carbonyl (C=O) groups is 1. The van der Waals surface area contributed by atoms with Gasteiger partial charge in [-0.25, -0.2) is 0 Å². The summed E-state index contributed by atoms with van der Waals surface area (Å²) < 4.78 is 7.40. The topological polar surface area (TPSA) is 95.1 Å². The molecule has 1 aromatic carbocycles. The third-order valence-corrected chi connectivity index (χ3v) is 3.16. The second kappa shape index (κ2) is 6.49. The molecule has 1 aromatic heterocycles. The van der Waals surface area contributed by atoms with E-state index < -0.39 is 0 Å². The molecule has 7 nitrogen and oxygen atoms in total. The number of nitrogens with one attached hydrogen (secondary N) is 1. The van der Waals surface area contributed by atoms with Crippen LogP contribution in [-0.2, 0) is 6.54 Å². The minimum absolute atomic E-state index is 0.241. The van der Waals surface area contributed by atoms with Crippen LogP contribution in [0.1, 0.15) is 10.5 Å². The van der Waals surface area contributed by atoms with Crippen molar-refractivity contribution in [2.45, 2.75) is 6.54 Å². The maximum Gasteiger partial charge on any atom is 0.277 e. The molecule has 0 atom stereocenters. The van der Waals surface area contributed by atoms with Gasteiger partial charge in [0.15, 0.2) is 5.69 Å². The van der Waals surface area contributed by atoms with Crippen LogP contribution < -0.4 is 15.8 Å². The second-order valence-corrected chi connectivity index (χ2v) is 4.81. The molecule has 0 radical (unpaired) electrons. The van der Waals surface area contributed by atoms with Crippen LogP contribution in [0.15, 0.2) is 28.9 Å². The van der Waals surface area contributed by atoms with E-state index in [2.05, 4.69) is 31.6 Å². The molecular formula is C12H14BrN5O2. The number of anilines is 1. The zero-order valence-corrected chi connectivity index (χ0v) is 12.4. The predicted octanol–water partition coefficient (Wildman–Crippen LogP) is 1.26. The molecule has 8 heteroatoms. The number of ether oxygens (including phenoxy) is 1. The van der Waals surface area contributed by atoms with E-state index >= 15 is 0 Å². The molecule has 0 unspecified atom stereocenters. The summed E-state index contributed by atoms with van der Waals surface area (Å²) in [7, 11) is 1.58. The Labute approximate surface area is 124 Å². The predicted molar refractivity (Wildman–Crippen MR) is 77.7 cm³/mol. The van der Waals surface area contributed by atoms with Crippen LogP contribution in [-0.4, -0.2) is 34.6 Å². The number of benzene rings is 1. The largest absolute Gasteiger partial charge is 0.496 e. The summed E-state index contributed by atoms with van der Waals surface area (Å²) in [5.74, 6) is 0.363. The van der Waals surface area contributed by atoms with E-state index in [1.165, 1.54) is 4.68 Å². The molecule has 0 spiro atoms. The van der Waals surface area contributed by atoms with Crippen molar-refractivity contribution in [3.05, 3.63) is 34.6 Å². The van der Waals surface area contributed by atoms with Gasteiger partial charge in [-0.15, -0.1) is 5.10 Å². The Balaban J connectivity index is 2.08. The Morgan fingerprint density at radius 3 is 3.00 bits per heavy atom. The molecule has 2 rings (SSSR count). The molecule has 0 bridgehead atoms. The van der Waals surface area contributed by atoms with Gasteiger partial charge in [-0.3, -0.25) is 9.48 Å². The van der Waals surface area contributed by atoms with E-state index in [-0.39, 0.29) is 11.6 Å². The van der Waals surface area contributed by atoms with Gasteiger partial charge >= 0.3 is 0 Å². The minimum atomic E-state index is -0.328. The number of amides is 1. The third-order valence-electron chi connectivity index (χ3n) is 2.54. The molecule has 0 aliphatic rings. The number of hydrogen-bond donors (Lipinski definition) is 2. The van der Waals surface area contributed by atoms with Gasteiger partial charge in [-0.1, -0.05) is 5.21 Å². The summed E-state index contributed by atoms with van der Waals surface area (Å²) in [5.41, 5.74) is 6.28. The number of halogens is 1.